The molecule has 1 aromatic carbocycles. The molecule has 4 nitrogen and oxygen atoms in total. The molecule has 0 bridgehead atoms. The Morgan fingerprint density at radius 3 is 2.35 bits per heavy atom. The van der Waals surface area contributed by atoms with E-state index in [1.165, 1.54) is 5.56 Å². The van der Waals surface area contributed by atoms with Gasteiger partial charge in [-0.2, -0.15) is 0 Å². The summed E-state index contributed by atoms with van der Waals surface area (Å²) in [6.07, 6.45) is 3.91. The zero-order chi connectivity index (χ0) is 14.8. The van der Waals surface area contributed by atoms with E-state index in [0.29, 0.717) is 17.4 Å². The van der Waals surface area contributed by atoms with Crippen molar-refractivity contribution in [2.45, 2.75) is 55.9 Å². The predicted octanol–water partition coefficient (Wildman–Crippen LogP) is 2.36. The maximum atomic E-state index is 12.2. The number of nitrogens with two attached hydrogens (primary N) is 1. The molecule has 0 saturated heterocycles. The Kier molecular flexibility index (Phi) is 4.52. The Bertz CT molecular complexity index is 548. The number of benzene rings is 1. The van der Waals surface area contributed by atoms with Crippen LogP contribution in [-0.4, -0.2) is 20.5 Å². The quantitative estimate of drug-likeness (QED) is 0.846. The number of nitrogens with one attached hydrogen (secondary N) is 1. The zero-order valence-corrected chi connectivity index (χ0v) is 13.0. The second-order valence-corrected chi connectivity index (χ2v) is 7.69. The van der Waals surface area contributed by atoms with Crippen LogP contribution in [0.1, 0.15) is 51.0 Å². The van der Waals surface area contributed by atoms with Crippen molar-refractivity contribution in [1.82, 2.24) is 4.72 Å². The molecule has 1 atom stereocenters. The minimum Gasteiger partial charge on any atom is -0.324 e. The van der Waals surface area contributed by atoms with Crippen molar-refractivity contribution < 1.29 is 8.42 Å². The van der Waals surface area contributed by atoms with Gasteiger partial charge in [-0.05, 0) is 49.3 Å². The first-order valence-electron chi connectivity index (χ1n) is 7.25. The van der Waals surface area contributed by atoms with Gasteiger partial charge in [0.25, 0.3) is 0 Å². The summed E-state index contributed by atoms with van der Waals surface area (Å²) >= 11 is 0. The van der Waals surface area contributed by atoms with Gasteiger partial charge in [0, 0.05) is 12.1 Å². The molecular weight excluding hydrogens is 272 g/mol. The molecule has 1 aliphatic carbocycles. The minimum atomic E-state index is -3.45. The molecule has 1 unspecified atom stereocenters. The third-order valence-electron chi connectivity index (χ3n) is 4.34. The number of hydrogen-bond donors (Lipinski definition) is 2. The van der Waals surface area contributed by atoms with E-state index in [9.17, 15) is 8.42 Å². The van der Waals surface area contributed by atoms with Crippen molar-refractivity contribution >= 4 is 10.0 Å². The molecule has 3 N–H and O–H groups in total. The second kappa shape index (κ2) is 5.84. The second-order valence-electron chi connectivity index (χ2n) is 5.92. The normalized spacial score (nSPS) is 19.4. The third-order valence-corrected chi connectivity index (χ3v) is 5.75. The molecule has 0 heterocycles. The van der Waals surface area contributed by atoms with Crippen LogP contribution in [0.25, 0.3) is 0 Å². The van der Waals surface area contributed by atoms with Gasteiger partial charge in [0.1, 0.15) is 0 Å². The summed E-state index contributed by atoms with van der Waals surface area (Å²) in [7, 11) is -3.45. The fraction of sp³-hybridized carbons (Fsp3) is 0.600. The number of sulfonamides is 1. The van der Waals surface area contributed by atoms with Crippen LogP contribution < -0.4 is 10.5 Å². The molecule has 1 fully saturated rings. The van der Waals surface area contributed by atoms with E-state index < -0.39 is 10.0 Å². The SMILES string of the molecule is CCC(C)c1ccc(S(=O)(=O)NCC2(N)CCC2)cc1. The summed E-state index contributed by atoms with van der Waals surface area (Å²) in [6.45, 7) is 4.58. The summed E-state index contributed by atoms with van der Waals surface area (Å²) < 4.78 is 27.0. The van der Waals surface area contributed by atoms with Gasteiger partial charge < -0.3 is 5.73 Å². The summed E-state index contributed by atoms with van der Waals surface area (Å²) in [5.41, 5.74) is 6.87. The van der Waals surface area contributed by atoms with Gasteiger partial charge in [0.15, 0.2) is 0 Å². The number of hydrogen-bond acceptors (Lipinski definition) is 3. The van der Waals surface area contributed by atoms with E-state index in [1.54, 1.807) is 12.1 Å². The lowest BCUT2D eigenvalue weighted by molar-refractivity contribution is 0.251. The molecule has 0 aromatic heterocycles. The monoisotopic (exact) mass is 296 g/mol. The predicted molar refractivity (Wildman–Crippen MR) is 81.1 cm³/mol. The highest BCUT2D eigenvalue weighted by Gasteiger charge is 2.33. The Balaban J connectivity index is 2.05. The molecule has 112 valence electrons. The molecule has 0 spiro atoms. The van der Waals surface area contributed by atoms with Crippen LogP contribution in [0, 0.1) is 0 Å². The lowest BCUT2D eigenvalue weighted by atomic mass is 9.78. The average Bonchev–Trinajstić information content (AvgIpc) is 2.42. The molecule has 2 rings (SSSR count). The Hall–Kier alpha value is -0.910. The van der Waals surface area contributed by atoms with Gasteiger partial charge in [-0.25, -0.2) is 13.1 Å². The minimum absolute atomic E-state index is 0.312. The third kappa shape index (κ3) is 3.40. The average molecular weight is 296 g/mol. The Labute approximate surface area is 121 Å². The standard InChI is InChI=1S/C15H24N2O2S/c1-3-12(2)13-5-7-14(8-6-13)20(18,19)17-11-15(16)9-4-10-15/h5-8,12,17H,3-4,9-11,16H2,1-2H3. The maximum absolute atomic E-state index is 12.2. The molecule has 5 heteroatoms. The van der Waals surface area contributed by atoms with E-state index in [-0.39, 0.29) is 5.54 Å². The van der Waals surface area contributed by atoms with E-state index >= 15 is 0 Å². The van der Waals surface area contributed by atoms with E-state index in [0.717, 1.165) is 25.7 Å². The van der Waals surface area contributed by atoms with Gasteiger partial charge in [-0.3, -0.25) is 0 Å². The van der Waals surface area contributed by atoms with Gasteiger partial charge in [-0.1, -0.05) is 26.0 Å². The molecule has 0 radical (unpaired) electrons. The fourth-order valence-corrected chi connectivity index (χ4v) is 3.48. The topological polar surface area (TPSA) is 72.2 Å². The largest absolute Gasteiger partial charge is 0.324 e. The molecule has 0 aliphatic heterocycles. The molecule has 0 amide bonds. The highest BCUT2D eigenvalue weighted by atomic mass is 32.2. The zero-order valence-electron chi connectivity index (χ0n) is 12.2. The van der Waals surface area contributed by atoms with Crippen molar-refractivity contribution in [1.29, 1.82) is 0 Å². The smallest absolute Gasteiger partial charge is 0.240 e. The van der Waals surface area contributed by atoms with Crippen LogP contribution in [0.4, 0.5) is 0 Å². The van der Waals surface area contributed by atoms with Gasteiger partial charge in [0.05, 0.1) is 4.90 Å². The molecule has 1 saturated carbocycles. The molecule has 1 aliphatic rings. The van der Waals surface area contributed by atoms with Crippen LogP contribution in [0.2, 0.25) is 0 Å². The highest BCUT2D eigenvalue weighted by Crippen LogP contribution is 2.28. The Morgan fingerprint density at radius 2 is 1.90 bits per heavy atom. The first-order valence-corrected chi connectivity index (χ1v) is 8.73. The van der Waals surface area contributed by atoms with Crippen molar-refractivity contribution in [3.05, 3.63) is 29.8 Å². The molecule has 20 heavy (non-hydrogen) atoms. The van der Waals surface area contributed by atoms with E-state index in [1.807, 2.05) is 12.1 Å². The van der Waals surface area contributed by atoms with E-state index in [4.69, 9.17) is 5.73 Å². The maximum Gasteiger partial charge on any atom is 0.240 e. The van der Waals surface area contributed by atoms with Crippen molar-refractivity contribution in [2.75, 3.05) is 6.54 Å². The van der Waals surface area contributed by atoms with Crippen molar-refractivity contribution in [3.63, 3.8) is 0 Å². The van der Waals surface area contributed by atoms with Gasteiger partial charge in [0.2, 0.25) is 10.0 Å². The summed E-state index contributed by atoms with van der Waals surface area (Å²) in [6, 6.07) is 7.14. The van der Waals surface area contributed by atoms with Crippen LogP contribution in [0.15, 0.2) is 29.2 Å². The molecule has 1 aromatic rings. The summed E-state index contributed by atoms with van der Waals surface area (Å²) in [4.78, 5) is 0.312. The first kappa shape index (κ1) is 15.5. The van der Waals surface area contributed by atoms with Gasteiger partial charge in [-0.15, -0.1) is 0 Å². The van der Waals surface area contributed by atoms with E-state index in [2.05, 4.69) is 18.6 Å². The van der Waals surface area contributed by atoms with Crippen LogP contribution >= 0.6 is 0 Å². The molecular formula is C15H24N2O2S. The first-order chi connectivity index (χ1) is 9.36. The van der Waals surface area contributed by atoms with Crippen LogP contribution in [0.5, 0.6) is 0 Å². The van der Waals surface area contributed by atoms with Crippen molar-refractivity contribution in [2.24, 2.45) is 5.73 Å². The van der Waals surface area contributed by atoms with Gasteiger partial charge >= 0.3 is 0 Å². The van der Waals surface area contributed by atoms with Crippen LogP contribution in [-0.2, 0) is 10.0 Å². The number of rotatable bonds is 6. The lowest BCUT2D eigenvalue weighted by Crippen LogP contribution is -2.54. The highest BCUT2D eigenvalue weighted by molar-refractivity contribution is 7.89. The summed E-state index contributed by atoms with van der Waals surface area (Å²) in [5, 5.41) is 0. The Morgan fingerprint density at radius 1 is 1.30 bits per heavy atom. The van der Waals surface area contributed by atoms with Crippen molar-refractivity contribution in [3.8, 4) is 0 Å². The fourth-order valence-electron chi connectivity index (χ4n) is 2.34. The van der Waals surface area contributed by atoms with Crippen LogP contribution in [0.3, 0.4) is 0 Å². The summed E-state index contributed by atoms with van der Waals surface area (Å²) in [5.74, 6) is 0.446. The lowest BCUT2D eigenvalue weighted by Gasteiger charge is -2.38.